The standard InChI is InChI=1S/C22H23ClN4O3S/c1-16-8-9-19(23)20(12-16)30-22-13-21(24-15-25-22)26-10-11-27(17(2)14-26)31(28,29)18-6-4-3-5-7-18/h3-9,12-13,15,17H,10-11,14H2,1-2H3/t17-/m1/s1. The third-order valence-electron chi connectivity index (χ3n) is 5.17. The van der Waals surface area contributed by atoms with Crippen molar-refractivity contribution in [2.24, 2.45) is 0 Å². The average Bonchev–Trinajstić information content (AvgIpc) is 2.77. The van der Waals surface area contributed by atoms with Gasteiger partial charge in [0.15, 0.2) is 0 Å². The predicted molar refractivity (Wildman–Crippen MR) is 120 cm³/mol. The summed E-state index contributed by atoms with van der Waals surface area (Å²) in [5.74, 6) is 1.58. The Labute approximate surface area is 187 Å². The van der Waals surface area contributed by atoms with Crippen LogP contribution in [-0.4, -0.2) is 48.4 Å². The van der Waals surface area contributed by atoms with Crippen molar-refractivity contribution in [2.75, 3.05) is 24.5 Å². The molecule has 0 unspecified atom stereocenters. The zero-order valence-corrected chi connectivity index (χ0v) is 18.8. The van der Waals surface area contributed by atoms with E-state index in [1.54, 1.807) is 46.8 Å². The summed E-state index contributed by atoms with van der Waals surface area (Å²) in [7, 11) is -3.54. The molecule has 1 fully saturated rings. The Morgan fingerprint density at radius 2 is 1.84 bits per heavy atom. The highest BCUT2D eigenvalue weighted by Gasteiger charge is 2.34. The van der Waals surface area contributed by atoms with Gasteiger partial charge in [-0.2, -0.15) is 4.31 Å². The van der Waals surface area contributed by atoms with Crippen molar-refractivity contribution in [3.05, 3.63) is 71.5 Å². The van der Waals surface area contributed by atoms with Gasteiger partial charge in [0.1, 0.15) is 17.9 Å². The van der Waals surface area contributed by atoms with Crippen molar-refractivity contribution < 1.29 is 13.2 Å². The maximum absolute atomic E-state index is 13.0. The summed E-state index contributed by atoms with van der Waals surface area (Å²) >= 11 is 6.22. The van der Waals surface area contributed by atoms with Crippen molar-refractivity contribution in [2.45, 2.75) is 24.8 Å². The van der Waals surface area contributed by atoms with Crippen LogP contribution in [0.25, 0.3) is 0 Å². The van der Waals surface area contributed by atoms with E-state index in [0.717, 1.165) is 5.56 Å². The smallest absolute Gasteiger partial charge is 0.243 e. The van der Waals surface area contributed by atoms with Crippen LogP contribution in [0.2, 0.25) is 5.02 Å². The number of nitrogens with zero attached hydrogens (tertiary/aromatic N) is 4. The maximum atomic E-state index is 13.0. The van der Waals surface area contributed by atoms with Gasteiger partial charge in [-0.1, -0.05) is 35.9 Å². The van der Waals surface area contributed by atoms with Gasteiger partial charge in [0, 0.05) is 31.7 Å². The zero-order chi connectivity index (χ0) is 22.0. The molecule has 1 saturated heterocycles. The third-order valence-corrected chi connectivity index (χ3v) is 7.51. The minimum absolute atomic E-state index is 0.218. The number of aromatic nitrogens is 2. The molecule has 1 atom stereocenters. The first kappa shape index (κ1) is 21.5. The lowest BCUT2D eigenvalue weighted by Gasteiger charge is -2.39. The molecule has 0 bridgehead atoms. The molecule has 7 nitrogen and oxygen atoms in total. The van der Waals surface area contributed by atoms with Gasteiger partial charge >= 0.3 is 0 Å². The Hall–Kier alpha value is -2.68. The monoisotopic (exact) mass is 458 g/mol. The summed E-state index contributed by atoms with van der Waals surface area (Å²) < 4.78 is 33.4. The Kier molecular flexibility index (Phi) is 6.13. The minimum atomic E-state index is -3.54. The van der Waals surface area contributed by atoms with Crippen LogP contribution in [0.1, 0.15) is 12.5 Å². The first-order valence-corrected chi connectivity index (χ1v) is 11.7. The average molecular weight is 459 g/mol. The lowest BCUT2D eigenvalue weighted by Crippen LogP contribution is -2.54. The van der Waals surface area contributed by atoms with Crippen LogP contribution in [0.4, 0.5) is 5.82 Å². The van der Waals surface area contributed by atoms with Crippen molar-refractivity contribution in [3.8, 4) is 11.6 Å². The lowest BCUT2D eigenvalue weighted by molar-refractivity contribution is 0.305. The fraction of sp³-hybridized carbons (Fsp3) is 0.273. The van der Waals surface area contributed by atoms with Crippen LogP contribution in [0.5, 0.6) is 11.6 Å². The van der Waals surface area contributed by atoms with Gasteiger partial charge in [-0.3, -0.25) is 0 Å². The largest absolute Gasteiger partial charge is 0.437 e. The Balaban J connectivity index is 1.50. The molecule has 0 saturated carbocycles. The molecule has 0 spiro atoms. The van der Waals surface area contributed by atoms with E-state index in [4.69, 9.17) is 16.3 Å². The number of hydrogen-bond acceptors (Lipinski definition) is 6. The topological polar surface area (TPSA) is 75.6 Å². The van der Waals surface area contributed by atoms with E-state index < -0.39 is 10.0 Å². The van der Waals surface area contributed by atoms with E-state index in [-0.39, 0.29) is 6.04 Å². The molecule has 31 heavy (non-hydrogen) atoms. The second kappa shape index (κ2) is 8.82. The number of aryl methyl sites for hydroxylation is 1. The molecule has 2 aromatic carbocycles. The van der Waals surface area contributed by atoms with Crippen LogP contribution in [0.15, 0.2) is 65.8 Å². The second-order valence-corrected chi connectivity index (χ2v) is 9.77. The maximum Gasteiger partial charge on any atom is 0.243 e. The van der Waals surface area contributed by atoms with Crippen LogP contribution < -0.4 is 9.64 Å². The van der Waals surface area contributed by atoms with Crippen molar-refractivity contribution >= 4 is 27.4 Å². The number of benzene rings is 2. The summed E-state index contributed by atoms with van der Waals surface area (Å²) in [6, 6.07) is 15.6. The SMILES string of the molecule is Cc1ccc(Cl)c(Oc2cc(N3CCN(S(=O)(=O)c4ccccc4)[C@H](C)C3)ncn2)c1. The lowest BCUT2D eigenvalue weighted by atomic mass is 10.2. The number of piperazine rings is 1. The second-order valence-electron chi connectivity index (χ2n) is 7.47. The Morgan fingerprint density at radius 3 is 2.58 bits per heavy atom. The van der Waals surface area contributed by atoms with Crippen LogP contribution >= 0.6 is 11.6 Å². The van der Waals surface area contributed by atoms with Crippen molar-refractivity contribution in [3.63, 3.8) is 0 Å². The van der Waals surface area contributed by atoms with Gasteiger partial charge in [-0.15, -0.1) is 0 Å². The highest BCUT2D eigenvalue weighted by atomic mass is 35.5. The predicted octanol–water partition coefficient (Wildman–Crippen LogP) is 4.13. The normalized spacial score (nSPS) is 17.5. The van der Waals surface area contributed by atoms with Gasteiger partial charge in [-0.25, -0.2) is 18.4 Å². The first-order valence-electron chi connectivity index (χ1n) is 9.92. The fourth-order valence-corrected chi connectivity index (χ4v) is 5.38. The molecule has 9 heteroatoms. The van der Waals surface area contributed by atoms with E-state index in [1.807, 2.05) is 30.9 Å². The number of halogens is 1. The van der Waals surface area contributed by atoms with E-state index in [2.05, 4.69) is 9.97 Å². The Bertz CT molecular complexity index is 1170. The molecule has 1 aliphatic heterocycles. The summed E-state index contributed by atoms with van der Waals surface area (Å²) in [5, 5.41) is 0.499. The molecular weight excluding hydrogens is 436 g/mol. The third kappa shape index (κ3) is 4.66. The van der Waals surface area contributed by atoms with E-state index in [9.17, 15) is 8.42 Å². The van der Waals surface area contributed by atoms with E-state index in [1.165, 1.54) is 6.33 Å². The van der Waals surface area contributed by atoms with Gasteiger partial charge in [0.2, 0.25) is 15.9 Å². The molecule has 162 valence electrons. The molecule has 0 aliphatic carbocycles. The van der Waals surface area contributed by atoms with Crippen LogP contribution in [0, 0.1) is 6.92 Å². The summed E-state index contributed by atoms with van der Waals surface area (Å²) in [5.41, 5.74) is 1.03. The highest BCUT2D eigenvalue weighted by molar-refractivity contribution is 7.89. The van der Waals surface area contributed by atoms with Gasteiger partial charge in [0.05, 0.1) is 9.92 Å². The molecule has 2 heterocycles. The van der Waals surface area contributed by atoms with E-state index in [0.29, 0.717) is 47.0 Å². The summed E-state index contributed by atoms with van der Waals surface area (Å²) in [6.45, 7) is 5.24. The molecule has 3 aromatic rings. The fourth-order valence-electron chi connectivity index (χ4n) is 3.59. The van der Waals surface area contributed by atoms with E-state index >= 15 is 0 Å². The summed E-state index contributed by atoms with van der Waals surface area (Å²) in [4.78, 5) is 10.9. The van der Waals surface area contributed by atoms with Crippen molar-refractivity contribution in [1.82, 2.24) is 14.3 Å². The Morgan fingerprint density at radius 1 is 1.06 bits per heavy atom. The molecule has 4 rings (SSSR count). The van der Waals surface area contributed by atoms with Gasteiger partial charge in [-0.05, 0) is 43.7 Å². The number of sulfonamides is 1. The molecular formula is C22H23ClN4O3S. The minimum Gasteiger partial charge on any atom is -0.437 e. The number of hydrogen-bond donors (Lipinski definition) is 0. The van der Waals surface area contributed by atoms with Crippen molar-refractivity contribution in [1.29, 1.82) is 0 Å². The first-order chi connectivity index (χ1) is 14.8. The zero-order valence-electron chi connectivity index (χ0n) is 17.3. The highest BCUT2D eigenvalue weighted by Crippen LogP contribution is 2.31. The molecule has 1 aromatic heterocycles. The quantitative estimate of drug-likeness (QED) is 0.572. The van der Waals surface area contributed by atoms with Crippen LogP contribution in [0.3, 0.4) is 0 Å². The van der Waals surface area contributed by atoms with Gasteiger partial charge in [0.25, 0.3) is 0 Å². The summed E-state index contributed by atoms with van der Waals surface area (Å²) in [6.07, 6.45) is 1.44. The number of ether oxygens (including phenoxy) is 1. The number of rotatable bonds is 5. The van der Waals surface area contributed by atoms with Gasteiger partial charge < -0.3 is 9.64 Å². The molecule has 1 aliphatic rings. The number of anilines is 1. The molecule has 0 radical (unpaired) electrons. The molecule has 0 amide bonds. The van der Waals surface area contributed by atoms with Crippen LogP contribution in [-0.2, 0) is 10.0 Å². The molecule has 0 N–H and O–H groups in total.